The molecule has 0 atom stereocenters. The first kappa shape index (κ1) is 9.09. The average Bonchev–Trinajstić information content (AvgIpc) is 2.56. The van der Waals surface area contributed by atoms with Crippen molar-refractivity contribution in [3.63, 3.8) is 0 Å². The Hall–Kier alpha value is -0.480. The standard InChI is InChI=1S/C9H15N3S/c1-2-12-9-6-13-4-3-7(9)8(5-10)11-12/h2-6,10H2,1H3. The SMILES string of the molecule is CCn1nc(CN)c2c1CSCC2. The molecule has 2 heterocycles. The van der Waals surface area contributed by atoms with Crippen molar-refractivity contribution in [1.29, 1.82) is 0 Å². The number of hydrogen-bond acceptors (Lipinski definition) is 3. The van der Waals surface area contributed by atoms with Gasteiger partial charge in [0.1, 0.15) is 0 Å². The normalized spacial score (nSPS) is 15.8. The molecule has 0 aliphatic carbocycles. The summed E-state index contributed by atoms with van der Waals surface area (Å²) < 4.78 is 2.10. The monoisotopic (exact) mass is 197 g/mol. The summed E-state index contributed by atoms with van der Waals surface area (Å²) >= 11 is 1.99. The molecule has 13 heavy (non-hydrogen) atoms. The highest BCUT2D eigenvalue weighted by atomic mass is 32.2. The van der Waals surface area contributed by atoms with Crippen LogP contribution in [0.2, 0.25) is 0 Å². The number of thioether (sulfide) groups is 1. The summed E-state index contributed by atoms with van der Waals surface area (Å²) in [6, 6.07) is 0. The summed E-state index contributed by atoms with van der Waals surface area (Å²) in [6.07, 6.45) is 1.15. The molecule has 0 fully saturated rings. The molecule has 2 rings (SSSR count). The molecule has 0 saturated heterocycles. The summed E-state index contributed by atoms with van der Waals surface area (Å²) in [5, 5.41) is 4.51. The molecule has 0 aromatic carbocycles. The lowest BCUT2D eigenvalue weighted by Gasteiger charge is -2.12. The highest BCUT2D eigenvalue weighted by Crippen LogP contribution is 2.26. The van der Waals surface area contributed by atoms with Crippen LogP contribution in [-0.2, 0) is 25.3 Å². The molecule has 2 N–H and O–H groups in total. The third kappa shape index (κ3) is 1.48. The largest absolute Gasteiger partial charge is 0.325 e. The number of aryl methyl sites for hydroxylation is 1. The highest BCUT2D eigenvalue weighted by Gasteiger charge is 2.18. The van der Waals surface area contributed by atoms with Gasteiger partial charge in [0.25, 0.3) is 0 Å². The van der Waals surface area contributed by atoms with Gasteiger partial charge in [-0.3, -0.25) is 4.68 Å². The Morgan fingerprint density at radius 3 is 3.15 bits per heavy atom. The lowest BCUT2D eigenvalue weighted by Crippen LogP contribution is -2.07. The minimum atomic E-state index is 0.583. The third-order valence-electron chi connectivity index (χ3n) is 2.48. The maximum absolute atomic E-state index is 5.66. The fourth-order valence-corrected chi connectivity index (χ4v) is 2.82. The Bertz CT molecular complexity index is 278. The molecule has 0 amide bonds. The van der Waals surface area contributed by atoms with Crippen molar-refractivity contribution in [3.05, 3.63) is 17.0 Å². The molecular weight excluding hydrogens is 182 g/mol. The zero-order valence-electron chi connectivity index (χ0n) is 7.92. The number of nitrogens with two attached hydrogens (primary N) is 1. The van der Waals surface area contributed by atoms with Crippen LogP contribution in [0.15, 0.2) is 0 Å². The van der Waals surface area contributed by atoms with Gasteiger partial charge in [-0.15, -0.1) is 0 Å². The number of nitrogens with zero attached hydrogens (tertiary/aromatic N) is 2. The molecule has 4 heteroatoms. The quantitative estimate of drug-likeness (QED) is 0.773. The minimum absolute atomic E-state index is 0.583. The van der Waals surface area contributed by atoms with Crippen LogP contribution in [0.1, 0.15) is 23.9 Å². The van der Waals surface area contributed by atoms with E-state index in [9.17, 15) is 0 Å². The van der Waals surface area contributed by atoms with E-state index < -0.39 is 0 Å². The van der Waals surface area contributed by atoms with Gasteiger partial charge >= 0.3 is 0 Å². The maximum Gasteiger partial charge on any atom is 0.0795 e. The first-order valence-corrected chi connectivity index (χ1v) is 5.87. The van der Waals surface area contributed by atoms with E-state index in [0.717, 1.165) is 24.4 Å². The first-order chi connectivity index (χ1) is 6.36. The van der Waals surface area contributed by atoms with Crippen LogP contribution in [-0.4, -0.2) is 15.5 Å². The molecular formula is C9H15N3S. The van der Waals surface area contributed by atoms with Gasteiger partial charge in [0, 0.05) is 18.8 Å². The van der Waals surface area contributed by atoms with Crippen molar-refractivity contribution >= 4 is 11.8 Å². The smallest absolute Gasteiger partial charge is 0.0795 e. The van der Waals surface area contributed by atoms with Crippen LogP contribution in [0.4, 0.5) is 0 Å². The van der Waals surface area contributed by atoms with E-state index in [1.54, 1.807) is 0 Å². The number of aromatic nitrogens is 2. The lowest BCUT2D eigenvalue weighted by molar-refractivity contribution is 0.626. The van der Waals surface area contributed by atoms with Gasteiger partial charge in [-0.05, 0) is 24.7 Å². The Morgan fingerprint density at radius 2 is 2.46 bits per heavy atom. The van der Waals surface area contributed by atoms with Gasteiger partial charge in [-0.2, -0.15) is 16.9 Å². The van der Waals surface area contributed by atoms with Crippen LogP contribution in [0.5, 0.6) is 0 Å². The molecule has 1 aromatic rings. The van der Waals surface area contributed by atoms with Crippen LogP contribution in [0, 0.1) is 0 Å². The fourth-order valence-electron chi connectivity index (χ4n) is 1.81. The molecule has 0 saturated carbocycles. The predicted octanol–water partition coefficient (Wildman–Crippen LogP) is 1.15. The van der Waals surface area contributed by atoms with Crippen molar-refractivity contribution in [2.45, 2.75) is 32.2 Å². The van der Waals surface area contributed by atoms with Gasteiger partial charge in [0.15, 0.2) is 0 Å². The summed E-state index contributed by atoms with van der Waals surface area (Å²) in [7, 11) is 0. The second-order valence-electron chi connectivity index (χ2n) is 3.19. The van der Waals surface area contributed by atoms with E-state index in [0.29, 0.717) is 6.54 Å². The van der Waals surface area contributed by atoms with Crippen molar-refractivity contribution in [3.8, 4) is 0 Å². The zero-order chi connectivity index (χ0) is 9.26. The fraction of sp³-hybridized carbons (Fsp3) is 0.667. The molecule has 0 unspecified atom stereocenters. The first-order valence-electron chi connectivity index (χ1n) is 4.72. The van der Waals surface area contributed by atoms with Gasteiger partial charge in [0.2, 0.25) is 0 Å². The average molecular weight is 197 g/mol. The van der Waals surface area contributed by atoms with E-state index in [4.69, 9.17) is 5.73 Å². The van der Waals surface area contributed by atoms with E-state index in [1.165, 1.54) is 17.0 Å². The predicted molar refractivity (Wildman–Crippen MR) is 55.7 cm³/mol. The second kappa shape index (κ2) is 3.72. The van der Waals surface area contributed by atoms with Crippen molar-refractivity contribution in [1.82, 2.24) is 9.78 Å². The van der Waals surface area contributed by atoms with Gasteiger partial charge < -0.3 is 5.73 Å². The van der Waals surface area contributed by atoms with Crippen LogP contribution in [0.25, 0.3) is 0 Å². The third-order valence-corrected chi connectivity index (χ3v) is 3.45. The van der Waals surface area contributed by atoms with Gasteiger partial charge in [-0.25, -0.2) is 0 Å². The van der Waals surface area contributed by atoms with Crippen molar-refractivity contribution < 1.29 is 0 Å². The molecule has 3 nitrogen and oxygen atoms in total. The topological polar surface area (TPSA) is 43.8 Å². The van der Waals surface area contributed by atoms with Crippen LogP contribution >= 0.6 is 11.8 Å². The zero-order valence-corrected chi connectivity index (χ0v) is 8.73. The Kier molecular flexibility index (Phi) is 2.60. The molecule has 1 aromatic heterocycles. The highest BCUT2D eigenvalue weighted by molar-refractivity contribution is 7.98. The lowest BCUT2D eigenvalue weighted by atomic mass is 10.1. The Balaban J connectivity index is 2.44. The molecule has 1 aliphatic rings. The van der Waals surface area contributed by atoms with E-state index >= 15 is 0 Å². The number of rotatable bonds is 2. The Labute approximate surface area is 82.7 Å². The van der Waals surface area contributed by atoms with Gasteiger partial charge in [-0.1, -0.05) is 0 Å². The molecule has 72 valence electrons. The number of hydrogen-bond donors (Lipinski definition) is 1. The Morgan fingerprint density at radius 1 is 1.62 bits per heavy atom. The molecule has 0 bridgehead atoms. The van der Waals surface area contributed by atoms with Crippen molar-refractivity contribution in [2.24, 2.45) is 5.73 Å². The van der Waals surface area contributed by atoms with E-state index in [1.807, 2.05) is 11.8 Å². The molecule has 1 aliphatic heterocycles. The van der Waals surface area contributed by atoms with Gasteiger partial charge in [0.05, 0.1) is 11.4 Å². The minimum Gasteiger partial charge on any atom is -0.325 e. The molecule has 0 spiro atoms. The second-order valence-corrected chi connectivity index (χ2v) is 4.30. The summed E-state index contributed by atoms with van der Waals surface area (Å²) in [4.78, 5) is 0. The van der Waals surface area contributed by atoms with Crippen LogP contribution < -0.4 is 5.73 Å². The van der Waals surface area contributed by atoms with E-state index in [-0.39, 0.29) is 0 Å². The van der Waals surface area contributed by atoms with Crippen molar-refractivity contribution in [2.75, 3.05) is 5.75 Å². The van der Waals surface area contributed by atoms with Crippen LogP contribution in [0.3, 0.4) is 0 Å². The summed E-state index contributed by atoms with van der Waals surface area (Å²) in [5.41, 5.74) is 9.59. The van der Waals surface area contributed by atoms with E-state index in [2.05, 4.69) is 16.7 Å². The molecule has 0 radical (unpaired) electrons. The summed E-state index contributed by atoms with van der Waals surface area (Å²) in [5.74, 6) is 2.32. The number of fused-ring (bicyclic) bond motifs is 1. The maximum atomic E-state index is 5.66. The summed E-state index contributed by atoms with van der Waals surface area (Å²) in [6.45, 7) is 3.68.